The first kappa shape index (κ1) is 10.7. The van der Waals surface area contributed by atoms with Crippen molar-refractivity contribution in [1.29, 1.82) is 0 Å². The molecule has 78 valence electrons. The standard InChI is InChI=1S/C7H12F3NO2/c1-4(7(8,9)10)13-6-3-11-2-5(6)12/h4-6,11-12H,2-3H2,1H3/t4?,5-,6-/m1/s1. The Morgan fingerprint density at radius 2 is 2.08 bits per heavy atom. The summed E-state index contributed by atoms with van der Waals surface area (Å²) in [6.07, 6.45) is -7.78. The highest BCUT2D eigenvalue weighted by Crippen LogP contribution is 2.24. The van der Waals surface area contributed by atoms with Crippen LogP contribution < -0.4 is 5.32 Å². The molecule has 13 heavy (non-hydrogen) atoms. The Labute approximate surface area is 73.9 Å². The third-order valence-corrected chi connectivity index (χ3v) is 1.97. The molecule has 1 fully saturated rings. The molecule has 6 heteroatoms. The predicted molar refractivity (Wildman–Crippen MR) is 39.3 cm³/mol. The van der Waals surface area contributed by atoms with Crippen LogP contribution in [0.25, 0.3) is 0 Å². The average molecular weight is 199 g/mol. The predicted octanol–water partition coefficient (Wildman–Crippen LogP) is 0.287. The summed E-state index contributed by atoms with van der Waals surface area (Å²) in [7, 11) is 0. The van der Waals surface area contributed by atoms with E-state index in [1.54, 1.807) is 0 Å². The molecule has 1 aliphatic rings. The maximum absolute atomic E-state index is 12.0. The second-order valence-electron chi connectivity index (χ2n) is 3.08. The van der Waals surface area contributed by atoms with Gasteiger partial charge in [0.2, 0.25) is 0 Å². The first-order valence-corrected chi connectivity index (χ1v) is 4.02. The number of rotatable bonds is 2. The Hall–Kier alpha value is -0.330. The van der Waals surface area contributed by atoms with Gasteiger partial charge in [0.25, 0.3) is 0 Å². The molecule has 2 N–H and O–H groups in total. The number of hydrogen-bond donors (Lipinski definition) is 2. The topological polar surface area (TPSA) is 41.5 Å². The quantitative estimate of drug-likeness (QED) is 0.671. The second kappa shape index (κ2) is 3.81. The molecule has 1 unspecified atom stereocenters. The molecule has 1 heterocycles. The van der Waals surface area contributed by atoms with Gasteiger partial charge in [-0.1, -0.05) is 0 Å². The van der Waals surface area contributed by atoms with Gasteiger partial charge in [0.1, 0.15) is 0 Å². The average Bonchev–Trinajstić information content (AvgIpc) is 2.34. The van der Waals surface area contributed by atoms with Crippen molar-refractivity contribution >= 4 is 0 Å². The summed E-state index contributed by atoms with van der Waals surface area (Å²) in [6, 6.07) is 0. The second-order valence-corrected chi connectivity index (χ2v) is 3.08. The van der Waals surface area contributed by atoms with Gasteiger partial charge in [0.05, 0.1) is 12.2 Å². The number of aliphatic hydroxyl groups is 1. The van der Waals surface area contributed by atoms with E-state index in [-0.39, 0.29) is 13.1 Å². The molecular weight excluding hydrogens is 187 g/mol. The van der Waals surface area contributed by atoms with Crippen molar-refractivity contribution in [3.05, 3.63) is 0 Å². The lowest BCUT2D eigenvalue weighted by Gasteiger charge is -2.22. The van der Waals surface area contributed by atoms with E-state index < -0.39 is 24.5 Å². The Morgan fingerprint density at radius 1 is 1.46 bits per heavy atom. The number of aliphatic hydroxyl groups excluding tert-OH is 1. The highest BCUT2D eigenvalue weighted by Gasteiger charge is 2.40. The summed E-state index contributed by atoms with van der Waals surface area (Å²) in [5.74, 6) is 0. The third-order valence-electron chi connectivity index (χ3n) is 1.97. The van der Waals surface area contributed by atoms with Crippen molar-refractivity contribution in [2.45, 2.75) is 31.4 Å². The molecule has 0 spiro atoms. The zero-order valence-electron chi connectivity index (χ0n) is 7.14. The van der Waals surface area contributed by atoms with Gasteiger partial charge in [-0.2, -0.15) is 13.2 Å². The minimum absolute atomic E-state index is 0.265. The lowest BCUT2D eigenvalue weighted by atomic mass is 10.2. The van der Waals surface area contributed by atoms with E-state index in [1.807, 2.05) is 0 Å². The number of halogens is 3. The van der Waals surface area contributed by atoms with Gasteiger partial charge in [0.15, 0.2) is 6.10 Å². The van der Waals surface area contributed by atoms with Gasteiger partial charge < -0.3 is 15.2 Å². The molecule has 0 radical (unpaired) electrons. The molecule has 0 aliphatic carbocycles. The molecular formula is C7H12F3NO2. The van der Waals surface area contributed by atoms with Crippen molar-refractivity contribution in [2.24, 2.45) is 0 Å². The van der Waals surface area contributed by atoms with E-state index in [9.17, 15) is 13.2 Å². The van der Waals surface area contributed by atoms with Gasteiger partial charge in [0, 0.05) is 13.1 Å². The minimum Gasteiger partial charge on any atom is -0.389 e. The maximum atomic E-state index is 12.0. The van der Waals surface area contributed by atoms with E-state index in [0.717, 1.165) is 6.92 Å². The Kier molecular flexibility index (Phi) is 3.15. The molecule has 0 bridgehead atoms. The summed E-state index contributed by atoms with van der Waals surface area (Å²) in [5, 5.41) is 11.9. The van der Waals surface area contributed by atoms with Crippen LogP contribution in [0.5, 0.6) is 0 Å². The first-order chi connectivity index (χ1) is 5.91. The lowest BCUT2D eigenvalue weighted by Crippen LogP contribution is -2.37. The molecule has 0 amide bonds. The number of nitrogens with one attached hydrogen (secondary N) is 1. The molecule has 0 saturated carbocycles. The molecule has 3 nitrogen and oxygen atoms in total. The van der Waals surface area contributed by atoms with Crippen molar-refractivity contribution < 1.29 is 23.0 Å². The van der Waals surface area contributed by atoms with E-state index in [4.69, 9.17) is 5.11 Å². The van der Waals surface area contributed by atoms with Gasteiger partial charge in [-0.25, -0.2) is 0 Å². The lowest BCUT2D eigenvalue weighted by molar-refractivity contribution is -0.231. The van der Waals surface area contributed by atoms with Gasteiger partial charge in [-0.15, -0.1) is 0 Å². The van der Waals surface area contributed by atoms with Crippen LogP contribution in [0.15, 0.2) is 0 Å². The van der Waals surface area contributed by atoms with Crippen LogP contribution in [0.4, 0.5) is 13.2 Å². The summed E-state index contributed by atoms with van der Waals surface area (Å²) < 4.78 is 40.7. The number of alkyl halides is 3. The van der Waals surface area contributed by atoms with Gasteiger partial charge >= 0.3 is 6.18 Å². The summed E-state index contributed by atoms with van der Waals surface area (Å²) >= 11 is 0. The Bertz CT molecular complexity index is 174. The van der Waals surface area contributed by atoms with Crippen LogP contribution in [-0.2, 0) is 4.74 Å². The van der Waals surface area contributed by atoms with E-state index in [0.29, 0.717) is 0 Å². The highest BCUT2D eigenvalue weighted by molar-refractivity contribution is 4.82. The van der Waals surface area contributed by atoms with Crippen LogP contribution in [0.3, 0.4) is 0 Å². The van der Waals surface area contributed by atoms with Crippen LogP contribution in [0.2, 0.25) is 0 Å². The maximum Gasteiger partial charge on any atom is 0.414 e. The van der Waals surface area contributed by atoms with Crippen molar-refractivity contribution in [1.82, 2.24) is 5.32 Å². The smallest absolute Gasteiger partial charge is 0.389 e. The fourth-order valence-corrected chi connectivity index (χ4v) is 1.12. The normalized spacial score (nSPS) is 32.1. The van der Waals surface area contributed by atoms with Crippen molar-refractivity contribution in [3.63, 3.8) is 0 Å². The first-order valence-electron chi connectivity index (χ1n) is 4.02. The highest BCUT2D eigenvalue weighted by atomic mass is 19.4. The Morgan fingerprint density at radius 3 is 2.46 bits per heavy atom. The fraction of sp³-hybridized carbons (Fsp3) is 1.00. The SMILES string of the molecule is CC(O[C@@H]1CNC[C@H]1O)C(F)(F)F. The molecule has 0 aromatic rings. The van der Waals surface area contributed by atoms with Crippen LogP contribution in [-0.4, -0.2) is 42.7 Å². The Balaban J connectivity index is 2.40. The zero-order chi connectivity index (χ0) is 10.1. The van der Waals surface area contributed by atoms with Crippen LogP contribution in [0, 0.1) is 0 Å². The van der Waals surface area contributed by atoms with Crippen molar-refractivity contribution in [2.75, 3.05) is 13.1 Å². The largest absolute Gasteiger partial charge is 0.414 e. The van der Waals surface area contributed by atoms with Crippen molar-refractivity contribution in [3.8, 4) is 0 Å². The number of ether oxygens (including phenoxy) is 1. The third kappa shape index (κ3) is 2.82. The number of hydrogen-bond acceptors (Lipinski definition) is 3. The summed E-state index contributed by atoms with van der Waals surface area (Å²) in [6.45, 7) is 1.49. The molecule has 0 aromatic heterocycles. The molecule has 1 aliphatic heterocycles. The van der Waals surface area contributed by atoms with Crippen LogP contribution in [0.1, 0.15) is 6.92 Å². The minimum atomic E-state index is -4.36. The van der Waals surface area contributed by atoms with E-state index in [1.165, 1.54) is 0 Å². The molecule has 1 saturated heterocycles. The molecule has 0 aromatic carbocycles. The van der Waals surface area contributed by atoms with E-state index in [2.05, 4.69) is 10.1 Å². The van der Waals surface area contributed by atoms with Gasteiger partial charge in [-0.05, 0) is 6.92 Å². The van der Waals surface area contributed by atoms with Crippen LogP contribution >= 0.6 is 0 Å². The summed E-state index contributed by atoms with van der Waals surface area (Å²) in [5.41, 5.74) is 0. The van der Waals surface area contributed by atoms with E-state index >= 15 is 0 Å². The monoisotopic (exact) mass is 199 g/mol. The molecule has 3 atom stereocenters. The number of β-amino-alcohol motifs (C(OH)–C–C–N with tert-alkyl or cyclic N) is 1. The summed E-state index contributed by atoms with van der Waals surface area (Å²) in [4.78, 5) is 0. The molecule has 1 rings (SSSR count). The zero-order valence-corrected chi connectivity index (χ0v) is 7.14. The van der Waals surface area contributed by atoms with Gasteiger partial charge in [-0.3, -0.25) is 0 Å². The fourth-order valence-electron chi connectivity index (χ4n) is 1.12.